The summed E-state index contributed by atoms with van der Waals surface area (Å²) in [5.41, 5.74) is -3.76. The van der Waals surface area contributed by atoms with Gasteiger partial charge in [0, 0.05) is 6.92 Å². The smallest absolute Gasteiger partial charge is 0.335 e. The van der Waals surface area contributed by atoms with Gasteiger partial charge in [0.2, 0.25) is 6.29 Å². The Morgan fingerprint density at radius 1 is 0.486 bits per heavy atom. The zero-order chi connectivity index (χ0) is 79.6. The van der Waals surface area contributed by atoms with Gasteiger partial charge < -0.3 is 168 Å². The third kappa shape index (κ3) is 15.0. The first-order valence-corrected chi connectivity index (χ1v) is 37.8. The molecule has 0 spiro atoms. The number of allylic oxidation sites excluding steroid dienone is 2. The van der Waals surface area contributed by atoms with E-state index in [0.717, 1.165) is 18.8 Å². The molecule has 37 nitrogen and oxygen atoms in total. The number of hydrogen-bond acceptors (Lipinski definition) is 36. The minimum atomic E-state index is -2.22. The van der Waals surface area contributed by atoms with Gasteiger partial charge in [0.25, 0.3) is 0 Å². The molecule has 18 N–H and O–H groups in total. The molecule has 12 rings (SSSR count). The lowest BCUT2D eigenvalue weighted by molar-refractivity contribution is -0.394. The van der Waals surface area contributed by atoms with E-state index < -0.39 is 292 Å². The zero-order valence-electron chi connectivity index (χ0n) is 62.2. The molecule has 11 fully saturated rings. The molecule has 0 aromatic rings. The van der Waals surface area contributed by atoms with Crippen LogP contribution in [-0.2, 0) is 90.2 Å². The van der Waals surface area contributed by atoms with Crippen LogP contribution in [-0.4, -0.2) is 351 Å². The van der Waals surface area contributed by atoms with E-state index >= 15 is 4.79 Å². The van der Waals surface area contributed by atoms with Crippen molar-refractivity contribution in [3.8, 4) is 0 Å². The quantitative estimate of drug-likeness (QED) is 0.0248. The predicted molar refractivity (Wildman–Crippen MR) is 356 cm³/mol. The maximum Gasteiger partial charge on any atom is 0.335 e. The van der Waals surface area contributed by atoms with Crippen LogP contribution < -0.4 is 0 Å². The molecule has 0 bridgehead atoms. The molecular weight excluding hydrogens is 1460 g/mol. The van der Waals surface area contributed by atoms with Gasteiger partial charge in [0.15, 0.2) is 56.1 Å². The van der Waals surface area contributed by atoms with E-state index in [-0.39, 0.29) is 24.2 Å². The van der Waals surface area contributed by atoms with Gasteiger partial charge in [0.05, 0.1) is 55.6 Å². The topological polar surface area (TPSA) is 571 Å². The first-order valence-electron chi connectivity index (χ1n) is 37.8. The van der Waals surface area contributed by atoms with Crippen LogP contribution in [0.3, 0.4) is 0 Å². The first-order chi connectivity index (χ1) is 51.1. The Balaban J connectivity index is 0.819. The number of aliphatic carboxylic acids is 1. The molecule has 42 atom stereocenters. The number of esters is 2. The Bertz CT molecular complexity index is 3220. The van der Waals surface area contributed by atoms with E-state index in [0.29, 0.717) is 51.4 Å². The summed E-state index contributed by atoms with van der Waals surface area (Å²) in [5.74, 6) is -4.35. The van der Waals surface area contributed by atoms with Crippen molar-refractivity contribution >= 4 is 24.2 Å². The van der Waals surface area contributed by atoms with Crippen LogP contribution >= 0.6 is 0 Å². The summed E-state index contributed by atoms with van der Waals surface area (Å²) in [6.07, 6.45) is -54.4. The SMILES string of the molecule is CC(=O)O[C@@H]1[C@H](O)[C@@H](O[C@@H]2O[C@@H](C)[C@H](O[C@@H]3OC[C@@H](O)[C@H](O)[C@H]3O)[C@@H](O[C@@H]3O[C@H](CO)[C@@H](O)[C@H](O)[C@H]3O)[C@H]2O)[C@H](OC(=O)[C@]23CCC(C)(C)C[C@@H]2C2=CC[C@@H]4[C@@]5(C)CC[C@H](O[C@@H]6O[C@H](C(=O)O)[C@@H](O)[C@H](O[C@@H]7OC[C@@H](O)[C@H](O)[C@H]7O)[C@H]6O[C@@H]6O[C@H](CO)[C@H](O)[C@H](O)[C@H]6O)[C@@](C)(C=O)[C@@H]5CC[C@@]4(C)[C@]2(C)CC3)O[C@@H]1C. The highest BCUT2D eigenvalue weighted by Gasteiger charge is 2.72. The van der Waals surface area contributed by atoms with Crippen LogP contribution in [0.25, 0.3) is 0 Å². The van der Waals surface area contributed by atoms with Crippen LogP contribution in [0.4, 0.5) is 0 Å². The summed E-state index contributed by atoms with van der Waals surface area (Å²) in [6, 6.07) is 0. The maximum absolute atomic E-state index is 16.0. The number of carboxylic acid groups (broad SMARTS) is 1. The third-order valence-corrected chi connectivity index (χ3v) is 27.1. The van der Waals surface area contributed by atoms with Crippen molar-refractivity contribution in [3.63, 3.8) is 0 Å². The summed E-state index contributed by atoms with van der Waals surface area (Å²) >= 11 is 0. The van der Waals surface area contributed by atoms with Gasteiger partial charge in [-0.2, -0.15) is 0 Å². The average Bonchev–Trinajstić information content (AvgIpc) is 0.673. The highest BCUT2D eigenvalue weighted by atomic mass is 16.8. The number of rotatable bonds is 19. The van der Waals surface area contributed by atoms with E-state index in [2.05, 4.69) is 40.7 Å². The van der Waals surface area contributed by atoms with Crippen LogP contribution in [0.2, 0.25) is 0 Å². The van der Waals surface area contributed by atoms with Crippen LogP contribution in [0.1, 0.15) is 127 Å². The molecule has 4 saturated carbocycles. The first kappa shape index (κ1) is 85.0. The van der Waals surface area contributed by atoms with Crippen molar-refractivity contribution in [3.05, 3.63) is 11.6 Å². The second-order valence-electron chi connectivity index (χ2n) is 34.1. The molecule has 0 aromatic carbocycles. The van der Waals surface area contributed by atoms with Crippen molar-refractivity contribution in [2.45, 2.75) is 335 Å². The molecule has 622 valence electrons. The lowest BCUT2D eigenvalue weighted by Gasteiger charge is -2.71. The highest BCUT2D eigenvalue weighted by molar-refractivity contribution is 5.79. The van der Waals surface area contributed by atoms with Crippen molar-refractivity contribution < 1.29 is 182 Å². The molecule has 37 heteroatoms. The minimum Gasteiger partial charge on any atom is -0.479 e. The van der Waals surface area contributed by atoms with E-state index in [9.17, 15) is 106 Å². The molecule has 109 heavy (non-hydrogen) atoms. The van der Waals surface area contributed by atoms with Crippen molar-refractivity contribution in [1.29, 1.82) is 0 Å². The lowest BCUT2D eigenvalue weighted by atomic mass is 9.33. The number of aldehydes is 1. The van der Waals surface area contributed by atoms with Gasteiger partial charge in [-0.3, -0.25) is 9.59 Å². The predicted octanol–water partition coefficient (Wildman–Crippen LogP) is -5.39. The van der Waals surface area contributed by atoms with Gasteiger partial charge >= 0.3 is 17.9 Å². The standard InChI is InChI=1S/C72H112O37/c1-26-51(99-28(3)76)48(89)56(107-63-50(91)54(105-61-46(87)42(83)40(81)33(21-73)100-61)52(27(2)97-63)103-59-44(85)38(79)31(77)23-95-59)64(98-26)109-66(94)72-18-16-67(4,5)20-30(72)29-10-11-36-68(6)14-13-37(69(7,25-75)35(68)12-15-71(36,9)70(29,8)17-19-72)102-65-57(108-62-47(88)43(84)41(82)34(22-74)101-62)53(49(90)55(106-65)58(92)93)104-60-45(86)39(80)32(78)24-96-60/h10,25-27,30-57,59-65,73-74,77-91H,11-24H2,1-9H3,(H,92,93)/t26-,27+,30-,31-,32-,33-,34-,35-,36-,37+,38+,39+,40-,41+,42+,43+,44-,45-,46-,47-,48+,49+,50-,51+,52+,53+,54+,55+,56-,57-,59+,60+,61+,62+,63+,64+,65-,68+,69+,70-,71-,72+/m1/s1. The van der Waals surface area contributed by atoms with Crippen molar-refractivity contribution in [2.24, 2.45) is 50.2 Å². The number of hydrogen-bond donors (Lipinski definition) is 18. The second kappa shape index (κ2) is 32.3. The summed E-state index contributed by atoms with van der Waals surface area (Å²) in [7, 11) is 0. The summed E-state index contributed by atoms with van der Waals surface area (Å²) in [5, 5.41) is 197. The van der Waals surface area contributed by atoms with E-state index in [1.165, 1.54) is 13.8 Å². The fraction of sp³-hybridized carbons (Fsp3) is 0.917. The largest absolute Gasteiger partial charge is 0.479 e. The van der Waals surface area contributed by atoms with E-state index in [1.54, 1.807) is 6.92 Å². The molecule has 7 heterocycles. The number of aliphatic hydroxyl groups is 17. The van der Waals surface area contributed by atoms with Crippen LogP contribution in [0, 0.1) is 50.2 Å². The molecule has 0 aromatic heterocycles. The van der Waals surface area contributed by atoms with E-state index in [4.69, 9.17) is 71.1 Å². The Morgan fingerprint density at radius 3 is 1.55 bits per heavy atom. The van der Waals surface area contributed by atoms with Gasteiger partial charge in [-0.25, -0.2) is 4.79 Å². The van der Waals surface area contributed by atoms with Gasteiger partial charge in [-0.05, 0) is 117 Å². The molecule has 5 aliphatic carbocycles. The number of aliphatic hydroxyl groups excluding tert-OH is 17. The van der Waals surface area contributed by atoms with Crippen LogP contribution in [0.15, 0.2) is 11.6 Å². The van der Waals surface area contributed by atoms with Crippen molar-refractivity contribution in [2.75, 3.05) is 26.4 Å². The molecule has 7 saturated heterocycles. The summed E-state index contributed by atoms with van der Waals surface area (Å²) < 4.78 is 91.1. The van der Waals surface area contributed by atoms with Gasteiger partial charge in [0.1, 0.15) is 134 Å². The number of fused-ring (bicyclic) bond motifs is 7. The zero-order valence-corrected chi connectivity index (χ0v) is 62.2. The third-order valence-electron chi connectivity index (χ3n) is 27.1. The average molecular weight is 1570 g/mol. The number of carbonyl (C=O) groups excluding carboxylic acids is 3. The highest BCUT2D eigenvalue weighted by Crippen LogP contribution is 2.76. The Morgan fingerprint density at radius 2 is 0.991 bits per heavy atom. The summed E-state index contributed by atoms with van der Waals surface area (Å²) in [6.45, 7) is 13.7. The van der Waals surface area contributed by atoms with Gasteiger partial charge in [-0.15, -0.1) is 0 Å². The number of ether oxygens (including phenoxy) is 15. The Kier molecular flexibility index (Phi) is 25.2. The fourth-order valence-corrected chi connectivity index (χ4v) is 20.5. The monoisotopic (exact) mass is 1570 g/mol. The second-order valence-corrected chi connectivity index (χ2v) is 34.1. The number of carbonyl (C=O) groups is 4. The molecule has 0 radical (unpaired) electrons. The normalized spacial score (nSPS) is 53.4. The maximum atomic E-state index is 16.0. The molecule has 12 aliphatic rings. The van der Waals surface area contributed by atoms with Crippen LogP contribution in [0.5, 0.6) is 0 Å². The molecule has 0 amide bonds. The molecule has 7 aliphatic heterocycles. The summed E-state index contributed by atoms with van der Waals surface area (Å²) in [4.78, 5) is 56.0. The van der Waals surface area contributed by atoms with Gasteiger partial charge in [-0.1, -0.05) is 53.2 Å². The Hall–Kier alpha value is -3.38. The van der Waals surface area contributed by atoms with E-state index in [1.807, 2.05) is 0 Å². The minimum absolute atomic E-state index is 0.124. The fourth-order valence-electron chi connectivity index (χ4n) is 20.5. The lowest BCUT2D eigenvalue weighted by Crippen LogP contribution is -2.69. The molecule has 0 unspecified atom stereocenters. The number of carboxylic acids is 1. The Labute approximate surface area is 628 Å². The van der Waals surface area contributed by atoms with Crippen molar-refractivity contribution in [1.82, 2.24) is 0 Å². The molecular formula is C72H112O37.